The predicted octanol–water partition coefficient (Wildman–Crippen LogP) is 3.31. The normalized spacial score (nSPS) is 10.6. The molecular weight excluding hydrogens is 274 g/mol. The van der Waals surface area contributed by atoms with E-state index in [0.717, 1.165) is 16.0 Å². The van der Waals surface area contributed by atoms with Crippen LogP contribution in [0.3, 0.4) is 0 Å². The van der Waals surface area contributed by atoms with Crippen molar-refractivity contribution in [2.45, 2.75) is 13.8 Å². The number of rotatable bonds is 1. The Hall–Kier alpha value is -0.940. The van der Waals surface area contributed by atoms with Crippen LogP contribution in [0.1, 0.15) is 11.4 Å². The van der Waals surface area contributed by atoms with Gasteiger partial charge in [0.05, 0.1) is 5.69 Å². The average molecular weight is 284 g/mol. The monoisotopic (exact) mass is 283 g/mol. The van der Waals surface area contributed by atoms with E-state index in [2.05, 4.69) is 38.3 Å². The Morgan fingerprint density at radius 2 is 2.07 bits per heavy atom. The van der Waals surface area contributed by atoms with Crippen LogP contribution in [0.5, 0.6) is 0 Å². The van der Waals surface area contributed by atoms with Gasteiger partial charge in [0.25, 0.3) is 0 Å². The number of aromatic amines is 1. The second-order valence-corrected chi connectivity index (χ2v) is 4.70. The first-order chi connectivity index (χ1) is 7.08. The molecule has 0 atom stereocenters. The highest BCUT2D eigenvalue weighted by atomic mass is 79.9. The van der Waals surface area contributed by atoms with Gasteiger partial charge in [0.2, 0.25) is 0 Å². The van der Waals surface area contributed by atoms with Gasteiger partial charge >= 0.3 is 0 Å². The fraction of sp³-hybridized carbons (Fsp3) is 0.200. The minimum atomic E-state index is 0.616. The van der Waals surface area contributed by atoms with Gasteiger partial charge in [-0.1, -0.05) is 15.9 Å². The lowest BCUT2D eigenvalue weighted by molar-refractivity contribution is 0.960. The molecule has 0 saturated heterocycles. The number of H-pyrrole nitrogens is 1. The van der Waals surface area contributed by atoms with E-state index in [1.54, 1.807) is 0 Å². The van der Waals surface area contributed by atoms with Crippen LogP contribution >= 0.6 is 28.1 Å². The highest BCUT2D eigenvalue weighted by molar-refractivity contribution is 9.10. The molecule has 2 aromatic rings. The van der Waals surface area contributed by atoms with Crippen LogP contribution in [0.25, 0.3) is 5.69 Å². The largest absolute Gasteiger partial charge is 0.272 e. The van der Waals surface area contributed by atoms with Crippen molar-refractivity contribution >= 4 is 28.1 Å². The molecular formula is C10H10BrN3S. The fourth-order valence-electron chi connectivity index (χ4n) is 1.53. The number of aryl methyl sites for hydroxylation is 2. The van der Waals surface area contributed by atoms with Crippen molar-refractivity contribution in [2.24, 2.45) is 0 Å². The van der Waals surface area contributed by atoms with Gasteiger partial charge in [-0.3, -0.25) is 9.67 Å². The molecule has 0 fully saturated rings. The van der Waals surface area contributed by atoms with E-state index in [1.165, 1.54) is 5.56 Å². The molecule has 0 unspecified atom stereocenters. The van der Waals surface area contributed by atoms with Crippen LogP contribution in [0.2, 0.25) is 0 Å². The summed E-state index contributed by atoms with van der Waals surface area (Å²) >= 11 is 8.64. The molecule has 0 aliphatic heterocycles. The molecule has 0 aliphatic rings. The summed E-state index contributed by atoms with van der Waals surface area (Å²) in [6, 6.07) is 6.15. The maximum atomic E-state index is 5.17. The van der Waals surface area contributed by atoms with Gasteiger partial charge in [-0.2, -0.15) is 5.10 Å². The van der Waals surface area contributed by atoms with Crippen molar-refractivity contribution in [3.8, 4) is 5.69 Å². The topological polar surface area (TPSA) is 33.6 Å². The Labute approximate surface area is 101 Å². The van der Waals surface area contributed by atoms with Crippen LogP contribution in [0.4, 0.5) is 0 Å². The molecule has 0 saturated carbocycles. The summed E-state index contributed by atoms with van der Waals surface area (Å²) < 4.78 is 3.57. The van der Waals surface area contributed by atoms with Gasteiger partial charge in [-0.15, -0.1) is 0 Å². The maximum Gasteiger partial charge on any atom is 0.199 e. The number of aromatic nitrogens is 3. The number of hydrogen-bond donors (Lipinski definition) is 1. The molecule has 0 radical (unpaired) electrons. The van der Waals surface area contributed by atoms with E-state index in [-0.39, 0.29) is 0 Å². The minimum Gasteiger partial charge on any atom is -0.272 e. The van der Waals surface area contributed by atoms with Crippen LogP contribution in [-0.4, -0.2) is 14.8 Å². The summed E-state index contributed by atoms with van der Waals surface area (Å²) in [7, 11) is 0. The molecule has 2 rings (SSSR count). The Morgan fingerprint density at radius 3 is 2.60 bits per heavy atom. The lowest BCUT2D eigenvalue weighted by Crippen LogP contribution is -1.97. The van der Waals surface area contributed by atoms with Crippen LogP contribution in [0, 0.1) is 18.6 Å². The molecule has 1 heterocycles. The molecule has 78 valence electrons. The first-order valence-electron chi connectivity index (χ1n) is 4.49. The molecule has 1 N–H and O–H groups in total. The lowest BCUT2D eigenvalue weighted by atomic mass is 10.2. The van der Waals surface area contributed by atoms with E-state index < -0.39 is 0 Å². The second-order valence-electron chi connectivity index (χ2n) is 3.40. The summed E-state index contributed by atoms with van der Waals surface area (Å²) in [5.41, 5.74) is 2.21. The molecule has 0 amide bonds. The minimum absolute atomic E-state index is 0.616. The van der Waals surface area contributed by atoms with Crippen molar-refractivity contribution in [3.63, 3.8) is 0 Å². The van der Waals surface area contributed by atoms with Crippen LogP contribution in [-0.2, 0) is 0 Å². The first kappa shape index (κ1) is 10.6. The lowest BCUT2D eigenvalue weighted by Gasteiger charge is -2.06. The van der Waals surface area contributed by atoms with E-state index in [0.29, 0.717) is 4.77 Å². The van der Waals surface area contributed by atoms with Gasteiger partial charge in [0, 0.05) is 4.47 Å². The molecule has 0 bridgehead atoms. The SMILES string of the molecule is Cc1cc(Br)cc(-n2c(C)n[nH]c2=S)c1. The average Bonchev–Trinajstić information content (AvgIpc) is 2.44. The summed E-state index contributed by atoms with van der Waals surface area (Å²) in [6.07, 6.45) is 0. The molecule has 15 heavy (non-hydrogen) atoms. The summed E-state index contributed by atoms with van der Waals surface area (Å²) in [5, 5.41) is 6.86. The van der Waals surface area contributed by atoms with Gasteiger partial charge in [0.15, 0.2) is 4.77 Å². The molecule has 3 nitrogen and oxygen atoms in total. The summed E-state index contributed by atoms with van der Waals surface area (Å²) in [4.78, 5) is 0. The van der Waals surface area contributed by atoms with E-state index in [1.807, 2.05) is 24.5 Å². The Balaban J connectivity index is 2.69. The van der Waals surface area contributed by atoms with Crippen molar-refractivity contribution < 1.29 is 0 Å². The highest BCUT2D eigenvalue weighted by Gasteiger charge is 2.04. The van der Waals surface area contributed by atoms with Crippen molar-refractivity contribution in [1.82, 2.24) is 14.8 Å². The molecule has 1 aromatic carbocycles. The summed E-state index contributed by atoms with van der Waals surface area (Å²) in [6.45, 7) is 3.97. The molecule has 1 aromatic heterocycles. The zero-order valence-corrected chi connectivity index (χ0v) is 10.8. The summed E-state index contributed by atoms with van der Waals surface area (Å²) in [5.74, 6) is 0.859. The third-order valence-electron chi connectivity index (χ3n) is 2.13. The maximum absolute atomic E-state index is 5.17. The third-order valence-corrected chi connectivity index (χ3v) is 2.86. The highest BCUT2D eigenvalue weighted by Crippen LogP contribution is 2.19. The van der Waals surface area contributed by atoms with Gasteiger partial charge in [-0.25, -0.2) is 0 Å². The zero-order valence-electron chi connectivity index (χ0n) is 8.41. The number of nitrogens with one attached hydrogen (secondary N) is 1. The van der Waals surface area contributed by atoms with E-state index in [9.17, 15) is 0 Å². The standard InChI is InChI=1S/C10H10BrN3S/c1-6-3-8(11)5-9(4-6)14-7(2)12-13-10(14)15/h3-5H,1-2H3,(H,13,15). The van der Waals surface area contributed by atoms with E-state index in [4.69, 9.17) is 12.2 Å². The fourth-order valence-corrected chi connectivity index (χ4v) is 2.40. The molecule has 0 aliphatic carbocycles. The Bertz CT molecular complexity index is 536. The number of benzene rings is 1. The number of hydrogen-bond acceptors (Lipinski definition) is 2. The smallest absolute Gasteiger partial charge is 0.199 e. The van der Waals surface area contributed by atoms with E-state index >= 15 is 0 Å². The third kappa shape index (κ3) is 2.03. The van der Waals surface area contributed by atoms with Crippen molar-refractivity contribution in [2.75, 3.05) is 0 Å². The van der Waals surface area contributed by atoms with Gasteiger partial charge < -0.3 is 0 Å². The quantitative estimate of drug-likeness (QED) is 0.815. The number of nitrogens with zero attached hydrogens (tertiary/aromatic N) is 2. The van der Waals surface area contributed by atoms with Gasteiger partial charge in [0.1, 0.15) is 5.82 Å². The Kier molecular flexibility index (Phi) is 2.75. The van der Waals surface area contributed by atoms with Crippen molar-refractivity contribution in [1.29, 1.82) is 0 Å². The predicted molar refractivity (Wildman–Crippen MR) is 65.9 cm³/mol. The number of halogens is 1. The zero-order chi connectivity index (χ0) is 11.0. The Morgan fingerprint density at radius 1 is 1.33 bits per heavy atom. The molecule has 5 heteroatoms. The second kappa shape index (κ2) is 3.90. The molecule has 0 spiro atoms. The van der Waals surface area contributed by atoms with Gasteiger partial charge in [-0.05, 0) is 49.8 Å². The van der Waals surface area contributed by atoms with Crippen molar-refractivity contribution in [3.05, 3.63) is 38.8 Å². The van der Waals surface area contributed by atoms with Crippen LogP contribution < -0.4 is 0 Å². The van der Waals surface area contributed by atoms with Crippen LogP contribution in [0.15, 0.2) is 22.7 Å². The first-order valence-corrected chi connectivity index (χ1v) is 5.69.